The number of aryl methyl sites for hydroxylation is 1. The molecule has 8 heavy (non-hydrogen) atoms. The molecule has 0 fully saturated rings. The summed E-state index contributed by atoms with van der Waals surface area (Å²) in [5.41, 5.74) is 5.22. The second kappa shape index (κ2) is 3.02. The molecule has 0 spiro atoms. The first-order valence-corrected chi connectivity index (χ1v) is 2.66. The van der Waals surface area contributed by atoms with Crippen LogP contribution < -0.4 is 5.73 Å². The molecule has 1 rings (SSSR count). The van der Waals surface area contributed by atoms with E-state index in [1.54, 1.807) is 0 Å². The van der Waals surface area contributed by atoms with Gasteiger partial charge in [-0.3, -0.25) is 0 Å². The maximum atomic E-state index is 5.22. The zero-order valence-corrected chi connectivity index (χ0v) is 5.94. The average Bonchev–Trinajstić information content (AvgIpc) is 1.87. The Labute approximate surface area is 61.8 Å². The summed E-state index contributed by atoms with van der Waals surface area (Å²) >= 11 is 1.40. The second-order valence-corrected chi connectivity index (χ2v) is 2.37. The number of nitrogen functional groups attached to an aromatic ring is 1. The minimum atomic E-state index is 0. The topological polar surface area (TPSA) is 51.8 Å². The summed E-state index contributed by atoms with van der Waals surface area (Å²) in [4.78, 5) is 0. The summed E-state index contributed by atoms with van der Waals surface area (Å²) in [5.74, 6) is 0. The molecule has 0 unspecified atom stereocenters. The van der Waals surface area contributed by atoms with Crippen LogP contribution in [0.25, 0.3) is 0 Å². The molecule has 1 aromatic heterocycles. The van der Waals surface area contributed by atoms with Gasteiger partial charge in [0.1, 0.15) is 5.01 Å². The quantitative estimate of drug-likeness (QED) is 0.587. The zero-order chi connectivity index (χ0) is 5.28. The molecule has 3 nitrogen and oxygen atoms in total. The third kappa shape index (κ3) is 1.78. The van der Waals surface area contributed by atoms with E-state index in [9.17, 15) is 0 Å². The van der Waals surface area contributed by atoms with Gasteiger partial charge in [-0.05, 0) is 6.92 Å². The normalized spacial score (nSPS) is 8.12. The van der Waals surface area contributed by atoms with Crippen LogP contribution in [0.15, 0.2) is 0 Å². The number of aromatic nitrogens is 2. The number of nitrogens with zero attached hydrogens (tertiary/aromatic N) is 2. The number of hydrogen-bond acceptors (Lipinski definition) is 4. The first-order valence-electron chi connectivity index (χ1n) is 1.84. The van der Waals surface area contributed by atoms with Crippen LogP contribution in [0.3, 0.4) is 0 Å². The molecule has 2 N–H and O–H groups in total. The van der Waals surface area contributed by atoms with Crippen LogP contribution >= 0.6 is 11.3 Å². The average molecular weight is 179 g/mol. The summed E-state index contributed by atoms with van der Waals surface area (Å²) in [7, 11) is 0. The summed E-state index contributed by atoms with van der Waals surface area (Å²) in [6.07, 6.45) is 0. The van der Waals surface area contributed by atoms with Crippen molar-refractivity contribution in [1.29, 1.82) is 0 Å². The van der Waals surface area contributed by atoms with E-state index in [0.717, 1.165) is 5.01 Å². The molecule has 0 aromatic carbocycles. The van der Waals surface area contributed by atoms with Crippen molar-refractivity contribution in [3.8, 4) is 0 Å². The van der Waals surface area contributed by atoms with Gasteiger partial charge in [0.05, 0.1) is 0 Å². The Kier molecular flexibility index (Phi) is 2.97. The van der Waals surface area contributed by atoms with Crippen LogP contribution in [-0.4, -0.2) is 10.2 Å². The van der Waals surface area contributed by atoms with Gasteiger partial charge in [-0.1, -0.05) is 11.3 Å². The standard InChI is InChI=1S/C3H5N3S.Cu/c1-2-5-6-3(4)7-2;/h1H3,(H2,4,6);. The Balaban J connectivity index is 0.000000490. The molecule has 5 heteroatoms. The fourth-order valence-corrected chi connectivity index (χ4v) is 0.778. The Morgan fingerprint density at radius 1 is 1.50 bits per heavy atom. The van der Waals surface area contributed by atoms with Crippen molar-refractivity contribution >= 4 is 16.5 Å². The molecular weight excluding hydrogens is 174 g/mol. The van der Waals surface area contributed by atoms with E-state index in [1.807, 2.05) is 6.92 Å². The Hall–Kier alpha value is -0.121. The predicted octanol–water partition coefficient (Wildman–Crippen LogP) is 0.426. The number of anilines is 1. The van der Waals surface area contributed by atoms with Gasteiger partial charge in [0.25, 0.3) is 0 Å². The van der Waals surface area contributed by atoms with Gasteiger partial charge in [0, 0.05) is 17.1 Å². The minimum Gasteiger partial charge on any atom is -0.374 e. The van der Waals surface area contributed by atoms with Crippen LogP contribution in [-0.2, 0) is 17.1 Å². The van der Waals surface area contributed by atoms with Gasteiger partial charge in [0.15, 0.2) is 0 Å². The smallest absolute Gasteiger partial charge is 0.203 e. The molecule has 0 aliphatic rings. The maximum Gasteiger partial charge on any atom is 0.203 e. The number of rotatable bonds is 0. The van der Waals surface area contributed by atoms with Crippen molar-refractivity contribution in [3.05, 3.63) is 5.01 Å². The van der Waals surface area contributed by atoms with Crippen molar-refractivity contribution in [2.45, 2.75) is 6.92 Å². The monoisotopic (exact) mass is 178 g/mol. The summed E-state index contributed by atoms with van der Waals surface area (Å²) in [5, 5.41) is 8.68. The largest absolute Gasteiger partial charge is 0.374 e. The first-order chi connectivity index (χ1) is 3.29. The Morgan fingerprint density at radius 3 is 2.25 bits per heavy atom. The molecule has 1 aromatic rings. The molecule has 0 amide bonds. The van der Waals surface area contributed by atoms with Crippen molar-refractivity contribution in [2.24, 2.45) is 0 Å². The van der Waals surface area contributed by atoms with Gasteiger partial charge in [-0.15, -0.1) is 10.2 Å². The fourth-order valence-electron chi connectivity index (χ4n) is 0.312. The molecule has 0 atom stereocenters. The molecular formula is C3H5CuN3S. The predicted molar refractivity (Wildman–Crippen MR) is 29.1 cm³/mol. The van der Waals surface area contributed by atoms with Gasteiger partial charge in [-0.2, -0.15) is 0 Å². The van der Waals surface area contributed by atoms with Crippen LogP contribution in [0, 0.1) is 6.92 Å². The molecule has 49 valence electrons. The maximum absolute atomic E-state index is 5.22. The third-order valence-corrected chi connectivity index (χ3v) is 1.21. The van der Waals surface area contributed by atoms with Gasteiger partial charge in [0.2, 0.25) is 5.13 Å². The van der Waals surface area contributed by atoms with Crippen LogP contribution in [0.2, 0.25) is 0 Å². The SMILES string of the molecule is Cc1nnc(N)s1.[Cu]. The second-order valence-electron chi connectivity index (χ2n) is 1.16. The van der Waals surface area contributed by atoms with E-state index >= 15 is 0 Å². The van der Waals surface area contributed by atoms with E-state index < -0.39 is 0 Å². The molecule has 0 aliphatic carbocycles. The Morgan fingerprint density at radius 2 is 2.12 bits per heavy atom. The minimum absolute atomic E-state index is 0. The Bertz CT molecular complexity index is 147. The molecule has 0 saturated heterocycles. The number of hydrogen-bond donors (Lipinski definition) is 1. The summed E-state index contributed by atoms with van der Waals surface area (Å²) < 4.78 is 0. The van der Waals surface area contributed by atoms with Gasteiger partial charge in [-0.25, -0.2) is 0 Å². The van der Waals surface area contributed by atoms with E-state index in [1.165, 1.54) is 11.3 Å². The molecule has 0 saturated carbocycles. The van der Waals surface area contributed by atoms with Crippen LogP contribution in [0.1, 0.15) is 5.01 Å². The van der Waals surface area contributed by atoms with E-state index in [-0.39, 0.29) is 17.1 Å². The third-order valence-electron chi connectivity index (χ3n) is 0.542. The van der Waals surface area contributed by atoms with E-state index in [0.29, 0.717) is 5.13 Å². The van der Waals surface area contributed by atoms with Gasteiger partial charge >= 0.3 is 0 Å². The summed E-state index contributed by atoms with van der Waals surface area (Å²) in [6, 6.07) is 0. The van der Waals surface area contributed by atoms with Gasteiger partial charge < -0.3 is 5.73 Å². The van der Waals surface area contributed by atoms with E-state index in [2.05, 4.69) is 10.2 Å². The van der Waals surface area contributed by atoms with Crippen molar-refractivity contribution in [2.75, 3.05) is 5.73 Å². The van der Waals surface area contributed by atoms with E-state index in [4.69, 9.17) is 5.73 Å². The van der Waals surface area contributed by atoms with Crippen molar-refractivity contribution in [3.63, 3.8) is 0 Å². The molecule has 0 bridgehead atoms. The molecule has 1 heterocycles. The first kappa shape index (κ1) is 7.88. The van der Waals surface area contributed by atoms with Crippen molar-refractivity contribution in [1.82, 2.24) is 10.2 Å². The molecule has 0 aliphatic heterocycles. The fraction of sp³-hybridized carbons (Fsp3) is 0.333. The number of nitrogens with two attached hydrogens (primary N) is 1. The van der Waals surface area contributed by atoms with Crippen LogP contribution in [0.4, 0.5) is 5.13 Å². The summed E-state index contributed by atoms with van der Waals surface area (Å²) in [6.45, 7) is 1.87. The zero-order valence-electron chi connectivity index (χ0n) is 4.18. The molecule has 1 radical (unpaired) electrons. The van der Waals surface area contributed by atoms with Crippen molar-refractivity contribution < 1.29 is 17.1 Å². The van der Waals surface area contributed by atoms with Crippen LogP contribution in [0.5, 0.6) is 0 Å².